The van der Waals surface area contributed by atoms with E-state index in [1.165, 1.54) is 0 Å². The number of carbonyl (C=O) groups excluding carboxylic acids is 1. The highest BCUT2D eigenvalue weighted by atomic mass is 16.5. The number of hydrogen-bond acceptors (Lipinski definition) is 7. The van der Waals surface area contributed by atoms with Crippen molar-refractivity contribution < 1.29 is 9.53 Å². The molecular formula is C21H25N5O2. The minimum Gasteiger partial charge on any atom is -0.402 e. The van der Waals surface area contributed by atoms with Crippen molar-refractivity contribution in [2.75, 3.05) is 31.2 Å². The third kappa shape index (κ3) is 3.89. The van der Waals surface area contributed by atoms with E-state index in [1.54, 1.807) is 12.4 Å². The number of aldehydes is 1. The number of benzene rings is 1. The Labute approximate surface area is 164 Å². The molecule has 7 heteroatoms. The van der Waals surface area contributed by atoms with Gasteiger partial charge in [0.25, 0.3) is 0 Å². The molecule has 2 fully saturated rings. The quantitative estimate of drug-likeness (QED) is 0.632. The Morgan fingerprint density at radius 2 is 2.07 bits per heavy atom. The molecule has 0 atom stereocenters. The predicted octanol–water partition coefficient (Wildman–Crippen LogP) is 2.20. The number of allylic oxidation sites excluding steroid dienone is 2. The van der Waals surface area contributed by atoms with Crippen molar-refractivity contribution in [2.45, 2.75) is 25.8 Å². The molecule has 1 saturated heterocycles. The van der Waals surface area contributed by atoms with Gasteiger partial charge in [0.2, 0.25) is 0 Å². The van der Waals surface area contributed by atoms with Crippen molar-refractivity contribution in [1.29, 1.82) is 0 Å². The number of hydrogen-bond donors (Lipinski definition) is 1. The highest BCUT2D eigenvalue weighted by Crippen LogP contribution is 2.29. The molecule has 2 N–H and O–H groups in total. The molecule has 28 heavy (non-hydrogen) atoms. The maximum absolute atomic E-state index is 10.8. The maximum Gasteiger partial charge on any atom is 0.123 e. The SMILES string of the molecule is CC(N)=C(C=NC1CC(C=O)C1)c1cnc2ccc(N3CCOCC3)cc2n1. The molecular weight excluding hydrogens is 354 g/mol. The molecule has 0 spiro atoms. The van der Waals surface area contributed by atoms with E-state index in [0.29, 0.717) is 11.4 Å². The second kappa shape index (κ2) is 8.06. The number of anilines is 1. The largest absolute Gasteiger partial charge is 0.402 e. The highest BCUT2D eigenvalue weighted by Gasteiger charge is 2.27. The first-order chi connectivity index (χ1) is 13.6. The van der Waals surface area contributed by atoms with Gasteiger partial charge in [0, 0.05) is 42.2 Å². The minimum absolute atomic E-state index is 0.146. The van der Waals surface area contributed by atoms with E-state index in [9.17, 15) is 4.79 Å². The summed E-state index contributed by atoms with van der Waals surface area (Å²) >= 11 is 0. The van der Waals surface area contributed by atoms with Gasteiger partial charge in [-0.1, -0.05) is 0 Å². The van der Waals surface area contributed by atoms with Gasteiger partial charge in [0.15, 0.2) is 0 Å². The lowest BCUT2D eigenvalue weighted by atomic mass is 9.82. The van der Waals surface area contributed by atoms with Crippen molar-refractivity contribution in [3.63, 3.8) is 0 Å². The molecule has 2 aromatic rings. The molecule has 1 saturated carbocycles. The van der Waals surface area contributed by atoms with E-state index in [0.717, 1.165) is 67.7 Å². The third-order valence-electron chi connectivity index (χ3n) is 5.36. The van der Waals surface area contributed by atoms with Gasteiger partial charge < -0.3 is 20.2 Å². The lowest BCUT2D eigenvalue weighted by Gasteiger charge is -2.28. The van der Waals surface area contributed by atoms with Crippen LogP contribution in [0.4, 0.5) is 5.69 Å². The van der Waals surface area contributed by atoms with E-state index in [1.807, 2.05) is 13.0 Å². The Morgan fingerprint density at radius 1 is 1.29 bits per heavy atom. The van der Waals surface area contributed by atoms with Gasteiger partial charge >= 0.3 is 0 Å². The normalized spacial score (nSPS) is 23.5. The molecule has 1 aromatic carbocycles. The maximum atomic E-state index is 10.8. The topological polar surface area (TPSA) is 93.7 Å². The summed E-state index contributed by atoms with van der Waals surface area (Å²) in [6, 6.07) is 6.33. The molecule has 4 rings (SSSR count). The van der Waals surface area contributed by atoms with Crippen LogP contribution in [0.1, 0.15) is 25.5 Å². The summed E-state index contributed by atoms with van der Waals surface area (Å²) in [6.07, 6.45) is 6.15. The van der Waals surface area contributed by atoms with Crippen LogP contribution in [0.25, 0.3) is 16.6 Å². The number of nitrogens with two attached hydrogens (primary N) is 1. The molecule has 2 aliphatic rings. The monoisotopic (exact) mass is 379 g/mol. The first-order valence-corrected chi connectivity index (χ1v) is 9.68. The lowest BCUT2D eigenvalue weighted by molar-refractivity contribution is -0.113. The molecule has 0 radical (unpaired) electrons. The fraction of sp³-hybridized carbons (Fsp3) is 0.429. The molecule has 0 unspecified atom stereocenters. The van der Waals surface area contributed by atoms with Crippen LogP contribution in [0.15, 0.2) is 35.1 Å². The van der Waals surface area contributed by atoms with Crippen LogP contribution in [0.5, 0.6) is 0 Å². The number of nitrogens with zero attached hydrogens (tertiary/aromatic N) is 4. The Kier molecular flexibility index (Phi) is 5.34. The van der Waals surface area contributed by atoms with Crippen LogP contribution in [-0.4, -0.2) is 54.8 Å². The lowest BCUT2D eigenvalue weighted by Crippen LogP contribution is -2.36. The standard InChI is InChI=1S/C21H25N5O2/c1-14(22)18(11-23-16-8-15(9-16)13-27)21-12-24-19-3-2-17(10-20(19)25-21)26-4-6-28-7-5-26/h2-3,10-13,15-16H,4-9,22H2,1H3. The number of aliphatic imine (C=N–C) groups is 1. The molecule has 146 valence electrons. The van der Waals surface area contributed by atoms with Crippen LogP contribution in [-0.2, 0) is 9.53 Å². The summed E-state index contributed by atoms with van der Waals surface area (Å²) in [7, 11) is 0. The molecule has 7 nitrogen and oxygen atoms in total. The van der Waals surface area contributed by atoms with Gasteiger partial charge in [-0.2, -0.15) is 0 Å². The average Bonchev–Trinajstić information content (AvgIpc) is 2.69. The number of morpholine rings is 1. The number of rotatable bonds is 5. The number of aromatic nitrogens is 2. The summed E-state index contributed by atoms with van der Waals surface area (Å²) in [5.41, 5.74) is 11.0. The molecule has 1 aliphatic heterocycles. The van der Waals surface area contributed by atoms with Crippen LogP contribution in [0.3, 0.4) is 0 Å². The Balaban J connectivity index is 1.60. The van der Waals surface area contributed by atoms with Crippen molar-refractivity contribution in [3.8, 4) is 0 Å². The van der Waals surface area contributed by atoms with Gasteiger partial charge in [-0.15, -0.1) is 0 Å². The third-order valence-corrected chi connectivity index (χ3v) is 5.36. The van der Waals surface area contributed by atoms with Crippen molar-refractivity contribution in [1.82, 2.24) is 9.97 Å². The summed E-state index contributed by atoms with van der Waals surface area (Å²) in [4.78, 5) is 27.0. The second-order valence-corrected chi connectivity index (χ2v) is 7.42. The summed E-state index contributed by atoms with van der Waals surface area (Å²) < 4.78 is 5.44. The van der Waals surface area contributed by atoms with Gasteiger partial charge in [-0.25, -0.2) is 4.98 Å². The number of ether oxygens (including phenoxy) is 1. The van der Waals surface area contributed by atoms with E-state index in [-0.39, 0.29) is 12.0 Å². The first kappa shape index (κ1) is 18.6. The highest BCUT2D eigenvalue weighted by molar-refractivity contribution is 6.10. The van der Waals surface area contributed by atoms with Crippen LogP contribution < -0.4 is 10.6 Å². The van der Waals surface area contributed by atoms with E-state index in [4.69, 9.17) is 15.5 Å². The number of carbonyl (C=O) groups is 1. The summed E-state index contributed by atoms with van der Waals surface area (Å²) in [5.74, 6) is 0.146. The van der Waals surface area contributed by atoms with E-state index < -0.39 is 0 Å². The fourth-order valence-corrected chi connectivity index (χ4v) is 3.56. The van der Waals surface area contributed by atoms with Gasteiger partial charge in [-0.05, 0) is 38.0 Å². The second-order valence-electron chi connectivity index (χ2n) is 7.42. The molecule has 0 bridgehead atoms. The van der Waals surface area contributed by atoms with Gasteiger partial charge in [-0.3, -0.25) is 9.98 Å². The Bertz CT molecular complexity index is 924. The summed E-state index contributed by atoms with van der Waals surface area (Å²) in [5, 5.41) is 0. The van der Waals surface area contributed by atoms with Gasteiger partial charge in [0.1, 0.15) is 6.29 Å². The zero-order valence-electron chi connectivity index (χ0n) is 16.0. The summed E-state index contributed by atoms with van der Waals surface area (Å²) in [6.45, 7) is 5.08. The molecule has 1 aromatic heterocycles. The fourth-order valence-electron chi connectivity index (χ4n) is 3.56. The van der Waals surface area contributed by atoms with Crippen molar-refractivity contribution in [3.05, 3.63) is 35.8 Å². The Hall–Kier alpha value is -2.80. The van der Waals surface area contributed by atoms with Crippen LogP contribution >= 0.6 is 0 Å². The number of fused-ring (bicyclic) bond motifs is 1. The van der Waals surface area contributed by atoms with Crippen molar-refractivity contribution >= 4 is 34.8 Å². The van der Waals surface area contributed by atoms with E-state index in [2.05, 4.69) is 27.0 Å². The molecule has 1 aliphatic carbocycles. The van der Waals surface area contributed by atoms with Crippen molar-refractivity contribution in [2.24, 2.45) is 16.6 Å². The average molecular weight is 379 g/mol. The van der Waals surface area contributed by atoms with Gasteiger partial charge in [0.05, 0.1) is 42.2 Å². The predicted molar refractivity (Wildman–Crippen MR) is 110 cm³/mol. The van der Waals surface area contributed by atoms with E-state index >= 15 is 0 Å². The first-order valence-electron chi connectivity index (χ1n) is 9.68. The molecule has 0 amide bonds. The zero-order chi connectivity index (χ0) is 19.5. The van der Waals surface area contributed by atoms with Crippen LogP contribution in [0, 0.1) is 5.92 Å². The molecule has 2 heterocycles. The van der Waals surface area contributed by atoms with Crippen LogP contribution in [0.2, 0.25) is 0 Å². The zero-order valence-corrected chi connectivity index (χ0v) is 16.0. The smallest absolute Gasteiger partial charge is 0.123 e. The Morgan fingerprint density at radius 3 is 2.79 bits per heavy atom. The minimum atomic E-state index is 0.146.